The number of hydrazine groups is 1. The number of aromatic nitrogens is 5. The van der Waals surface area contributed by atoms with Gasteiger partial charge in [-0.3, -0.25) is 9.99 Å². The predicted molar refractivity (Wildman–Crippen MR) is 80.2 cm³/mol. The molecule has 0 unspecified atom stereocenters. The Morgan fingerprint density at radius 2 is 1.90 bits per heavy atom. The lowest BCUT2D eigenvalue weighted by Gasteiger charge is -2.26. The first-order valence-corrected chi connectivity index (χ1v) is 7.35. The molecule has 0 bridgehead atoms. The molecule has 2 aromatic heterocycles. The molecule has 1 fully saturated rings. The Bertz CT molecular complexity index is 562. The van der Waals surface area contributed by atoms with E-state index in [-0.39, 0.29) is 0 Å². The van der Waals surface area contributed by atoms with Crippen LogP contribution in [0.5, 0.6) is 0 Å². The van der Waals surface area contributed by atoms with E-state index in [4.69, 9.17) is 0 Å². The molecule has 1 saturated heterocycles. The average Bonchev–Trinajstić information content (AvgIpc) is 3.03. The molecule has 3 rings (SSSR count). The van der Waals surface area contributed by atoms with Gasteiger partial charge in [0.05, 0.1) is 0 Å². The standard InChI is InChI=1S/C13H20N8/c1-2-15-11-16-12(19-21-7-4-3-5-8-21)18-13(17-11)20-9-6-14-10-20/h6,9-10H,2-5,7-8H2,1H3,(H2,15,16,17,18,19). The first kappa shape index (κ1) is 13.7. The second-order valence-corrected chi connectivity index (χ2v) is 4.94. The lowest BCUT2D eigenvalue weighted by Crippen LogP contribution is -2.35. The van der Waals surface area contributed by atoms with E-state index < -0.39 is 0 Å². The van der Waals surface area contributed by atoms with Crippen molar-refractivity contribution in [2.45, 2.75) is 26.2 Å². The number of nitrogens with zero attached hydrogens (tertiary/aromatic N) is 6. The van der Waals surface area contributed by atoms with Crippen LogP contribution >= 0.6 is 0 Å². The molecule has 0 saturated carbocycles. The quantitative estimate of drug-likeness (QED) is 0.858. The maximum Gasteiger partial charge on any atom is 0.244 e. The number of anilines is 2. The predicted octanol–water partition coefficient (Wildman–Crippen LogP) is 1.30. The van der Waals surface area contributed by atoms with Crippen molar-refractivity contribution in [3.8, 4) is 5.95 Å². The van der Waals surface area contributed by atoms with E-state index in [2.05, 4.69) is 35.7 Å². The van der Waals surface area contributed by atoms with E-state index in [0.717, 1.165) is 19.6 Å². The Morgan fingerprint density at radius 1 is 1.10 bits per heavy atom. The molecule has 8 heteroatoms. The summed E-state index contributed by atoms with van der Waals surface area (Å²) in [5.41, 5.74) is 3.28. The fourth-order valence-electron chi connectivity index (χ4n) is 2.29. The lowest BCUT2D eigenvalue weighted by atomic mass is 10.2. The van der Waals surface area contributed by atoms with Crippen LogP contribution in [0, 0.1) is 0 Å². The van der Waals surface area contributed by atoms with Crippen molar-refractivity contribution in [1.82, 2.24) is 29.5 Å². The molecule has 0 aromatic carbocycles. The third-order valence-electron chi connectivity index (χ3n) is 3.31. The summed E-state index contributed by atoms with van der Waals surface area (Å²) in [6.45, 7) is 4.81. The Morgan fingerprint density at radius 3 is 2.62 bits per heavy atom. The van der Waals surface area contributed by atoms with Crippen LogP contribution in [0.1, 0.15) is 26.2 Å². The molecule has 2 N–H and O–H groups in total. The summed E-state index contributed by atoms with van der Waals surface area (Å²) in [5.74, 6) is 1.68. The summed E-state index contributed by atoms with van der Waals surface area (Å²) in [7, 11) is 0. The number of nitrogens with one attached hydrogen (secondary N) is 2. The highest BCUT2D eigenvalue weighted by atomic mass is 15.5. The minimum Gasteiger partial charge on any atom is -0.354 e. The summed E-state index contributed by atoms with van der Waals surface area (Å²) in [4.78, 5) is 17.3. The fraction of sp³-hybridized carbons (Fsp3) is 0.538. The van der Waals surface area contributed by atoms with E-state index in [9.17, 15) is 0 Å². The highest BCUT2D eigenvalue weighted by molar-refractivity contribution is 5.37. The van der Waals surface area contributed by atoms with Crippen LogP contribution in [-0.4, -0.2) is 49.1 Å². The van der Waals surface area contributed by atoms with Crippen LogP contribution in [0.4, 0.5) is 11.9 Å². The third kappa shape index (κ3) is 3.46. The zero-order valence-electron chi connectivity index (χ0n) is 12.2. The molecule has 0 atom stereocenters. The van der Waals surface area contributed by atoms with Gasteiger partial charge in [-0.05, 0) is 19.8 Å². The Balaban J connectivity index is 1.84. The molecule has 3 heterocycles. The van der Waals surface area contributed by atoms with Gasteiger partial charge in [0.25, 0.3) is 0 Å². The number of rotatable bonds is 5. The van der Waals surface area contributed by atoms with E-state index in [0.29, 0.717) is 17.8 Å². The maximum atomic E-state index is 4.46. The first-order chi connectivity index (χ1) is 10.3. The summed E-state index contributed by atoms with van der Waals surface area (Å²) < 4.78 is 1.77. The molecule has 0 radical (unpaired) electrons. The molecule has 0 spiro atoms. The average molecular weight is 288 g/mol. The minimum atomic E-state index is 0.554. The molecule has 0 amide bonds. The van der Waals surface area contributed by atoms with Crippen molar-refractivity contribution in [2.24, 2.45) is 0 Å². The molecule has 1 aliphatic heterocycles. The van der Waals surface area contributed by atoms with Gasteiger partial charge in [0.1, 0.15) is 6.33 Å². The smallest absolute Gasteiger partial charge is 0.244 e. The monoisotopic (exact) mass is 288 g/mol. The summed E-state index contributed by atoms with van der Waals surface area (Å²) in [6, 6.07) is 0. The van der Waals surface area contributed by atoms with Gasteiger partial charge in [0.15, 0.2) is 0 Å². The topological polar surface area (TPSA) is 83.8 Å². The van der Waals surface area contributed by atoms with Crippen molar-refractivity contribution < 1.29 is 0 Å². The second-order valence-electron chi connectivity index (χ2n) is 4.94. The van der Waals surface area contributed by atoms with E-state index >= 15 is 0 Å². The molecule has 8 nitrogen and oxygen atoms in total. The SMILES string of the molecule is CCNc1nc(NN2CCCCC2)nc(-n2ccnc2)n1. The van der Waals surface area contributed by atoms with Gasteiger partial charge in [-0.15, -0.1) is 0 Å². The van der Waals surface area contributed by atoms with Crippen molar-refractivity contribution in [3.63, 3.8) is 0 Å². The Kier molecular flexibility index (Phi) is 4.25. The Labute approximate surface area is 123 Å². The zero-order valence-corrected chi connectivity index (χ0v) is 12.2. The van der Waals surface area contributed by atoms with Crippen LogP contribution in [-0.2, 0) is 0 Å². The van der Waals surface area contributed by atoms with Gasteiger partial charge in [-0.25, -0.2) is 9.99 Å². The van der Waals surface area contributed by atoms with Crippen LogP contribution < -0.4 is 10.7 Å². The van der Waals surface area contributed by atoms with Gasteiger partial charge in [-0.2, -0.15) is 15.0 Å². The molecule has 2 aromatic rings. The largest absolute Gasteiger partial charge is 0.354 e. The third-order valence-corrected chi connectivity index (χ3v) is 3.31. The van der Waals surface area contributed by atoms with Crippen molar-refractivity contribution in [2.75, 3.05) is 30.4 Å². The van der Waals surface area contributed by atoms with Gasteiger partial charge in [0, 0.05) is 32.0 Å². The van der Waals surface area contributed by atoms with Crippen LogP contribution in [0.3, 0.4) is 0 Å². The van der Waals surface area contributed by atoms with E-state index in [1.807, 2.05) is 13.1 Å². The molecule has 21 heavy (non-hydrogen) atoms. The van der Waals surface area contributed by atoms with Crippen LogP contribution in [0.15, 0.2) is 18.7 Å². The van der Waals surface area contributed by atoms with Crippen molar-refractivity contribution in [3.05, 3.63) is 18.7 Å². The van der Waals surface area contributed by atoms with Crippen LogP contribution in [0.25, 0.3) is 5.95 Å². The lowest BCUT2D eigenvalue weighted by molar-refractivity contribution is 0.271. The summed E-state index contributed by atoms with van der Waals surface area (Å²) in [5, 5.41) is 5.29. The number of hydrogen-bond acceptors (Lipinski definition) is 7. The molecule has 1 aliphatic rings. The van der Waals surface area contributed by atoms with Gasteiger partial charge in [-0.1, -0.05) is 6.42 Å². The molecule has 0 aliphatic carbocycles. The molecule has 112 valence electrons. The molecular formula is C13H20N8. The van der Waals surface area contributed by atoms with E-state index in [1.165, 1.54) is 19.3 Å². The molecular weight excluding hydrogens is 268 g/mol. The van der Waals surface area contributed by atoms with Gasteiger partial charge < -0.3 is 5.32 Å². The highest BCUT2D eigenvalue weighted by Crippen LogP contribution is 2.13. The first-order valence-electron chi connectivity index (χ1n) is 7.35. The maximum absolute atomic E-state index is 4.46. The zero-order chi connectivity index (χ0) is 14.5. The number of piperidine rings is 1. The van der Waals surface area contributed by atoms with Crippen molar-refractivity contribution in [1.29, 1.82) is 0 Å². The van der Waals surface area contributed by atoms with Crippen molar-refractivity contribution >= 4 is 11.9 Å². The van der Waals surface area contributed by atoms with E-state index in [1.54, 1.807) is 17.1 Å². The number of hydrogen-bond donors (Lipinski definition) is 2. The van der Waals surface area contributed by atoms with Crippen LogP contribution in [0.2, 0.25) is 0 Å². The Hall–Kier alpha value is -2.22. The highest BCUT2D eigenvalue weighted by Gasteiger charge is 2.13. The minimum absolute atomic E-state index is 0.554. The second kappa shape index (κ2) is 6.49. The van der Waals surface area contributed by atoms with Gasteiger partial charge >= 0.3 is 0 Å². The summed E-state index contributed by atoms with van der Waals surface area (Å²) in [6.07, 6.45) is 8.89. The summed E-state index contributed by atoms with van der Waals surface area (Å²) >= 11 is 0. The number of imidazole rings is 1. The normalized spacial score (nSPS) is 15.9. The fourth-order valence-corrected chi connectivity index (χ4v) is 2.29. The van der Waals surface area contributed by atoms with Gasteiger partial charge in [0.2, 0.25) is 17.8 Å².